The molecule has 0 spiro atoms. The van der Waals surface area contributed by atoms with Crippen LogP contribution in [0.3, 0.4) is 0 Å². The van der Waals surface area contributed by atoms with Crippen LogP contribution in [0.2, 0.25) is 17.9 Å². The first-order valence-electron chi connectivity index (χ1n) is 33.4. The summed E-state index contributed by atoms with van der Waals surface area (Å²) in [6.45, 7) is 6.56. The Bertz CT molecular complexity index is 3830. The van der Waals surface area contributed by atoms with Crippen molar-refractivity contribution in [3.63, 3.8) is 0 Å². The second-order valence-corrected chi connectivity index (χ2v) is 22.4. The van der Waals surface area contributed by atoms with Crippen molar-refractivity contribution in [3.05, 3.63) is 276 Å². The number of primary amides is 3. The molecule has 9 aromatic rings. The fraction of sp³-hybridized carbons (Fsp3) is 0.284. The van der Waals surface area contributed by atoms with Gasteiger partial charge in [-0.15, -0.1) is 0 Å². The minimum absolute atomic E-state index is 0. The van der Waals surface area contributed by atoms with Gasteiger partial charge in [0.05, 0.1) is 31.6 Å². The molecule has 0 unspecified atom stereocenters. The van der Waals surface area contributed by atoms with E-state index in [-0.39, 0.29) is 57.1 Å². The van der Waals surface area contributed by atoms with Gasteiger partial charge >= 0.3 is 189 Å². The summed E-state index contributed by atoms with van der Waals surface area (Å²) in [5, 5.41) is 0.260. The summed E-state index contributed by atoms with van der Waals surface area (Å²) in [4.78, 5) is 80.9. The van der Waals surface area contributed by atoms with E-state index in [1.165, 1.54) is 206 Å². The Morgan fingerprint density at radius 2 is 0.707 bits per heavy atom. The molecule has 3 amide bonds. The van der Waals surface area contributed by atoms with E-state index in [0.29, 0.717) is 19.4 Å². The summed E-state index contributed by atoms with van der Waals surface area (Å²) in [7, 11) is 3.26. The first-order chi connectivity index (χ1) is 47.0. The Morgan fingerprint density at radius 3 is 1.03 bits per heavy atom. The molecule has 10 N–H and O–H groups in total. The van der Waals surface area contributed by atoms with Crippen molar-refractivity contribution in [2.24, 2.45) is 22.9 Å². The maximum absolute atomic E-state index is 11.3. The zero-order chi connectivity index (χ0) is 71.3. The van der Waals surface area contributed by atoms with Crippen LogP contribution >= 0.6 is 11.6 Å². The van der Waals surface area contributed by atoms with Gasteiger partial charge in [0.1, 0.15) is 11.6 Å². The standard InChI is InChI=1S/C25H27BN3O2.C23H26N4O.C15H16ClN3O.C9H11BNO.2CH4.6K/c1-18-16-28-25(14-20-8-6-19(7-9-20)12-13-26-17-30)29-23(18)11-10-21-4-2-3-5-22(21)15-24(27)31;1-16-15-26-23(12-17-6-8-18(14-24)9-7-17)27-21(16)11-10-19-4-2-3-5-20(19)13-22(25)28;1-10-9-18-15(16)19-13(10)7-6-11-4-2-3-5-12(11)8-14(17)20;11-9-3-1-8(2-4-9)5-6-10-7-12;;;;;;;;/h2-9,16-17H,10-15H2,1H3,(H2,27,31);2-9,15H,10-14,24H2,1H3,(H2,25,28);2-5,9H,6-8H2,1H3,(H2,17,20);1-4,7H,5-6,11H2;2*1H4;;;;;;. The van der Waals surface area contributed by atoms with Crippen LogP contribution in [0.4, 0.5) is 5.69 Å². The maximum atomic E-state index is 11.3. The number of aromatic nitrogens is 6. The number of anilines is 1. The van der Waals surface area contributed by atoms with Crippen LogP contribution < -0.4 is 28.7 Å². The molecule has 0 aliphatic heterocycles. The van der Waals surface area contributed by atoms with E-state index in [1.807, 2.05) is 136 Å². The Morgan fingerprint density at radius 1 is 0.414 bits per heavy atom. The van der Waals surface area contributed by atoms with E-state index < -0.39 is 0 Å². The van der Waals surface area contributed by atoms with E-state index in [0.717, 1.165) is 172 Å². The molecule has 0 saturated carbocycles. The number of hydrogen-bond acceptors (Lipinski definition) is 13. The molecule has 3 aromatic heterocycles. The molecule has 99 heavy (non-hydrogen) atoms. The van der Waals surface area contributed by atoms with Crippen LogP contribution in [0.5, 0.6) is 0 Å². The first-order valence-corrected chi connectivity index (χ1v) is 81.8. The number of nitrogens with zero attached hydrogens (tertiary/aromatic N) is 6. The monoisotopic (exact) mass is 1500 g/mol. The molecule has 0 fully saturated rings. The summed E-state index contributed by atoms with van der Waals surface area (Å²) in [5.41, 5.74) is 46.3. The van der Waals surface area contributed by atoms with Crippen molar-refractivity contribution >= 4 is 251 Å². The topological polar surface area (TPSA) is 293 Å². The van der Waals surface area contributed by atoms with Gasteiger partial charge < -0.3 is 38.3 Å². The van der Waals surface area contributed by atoms with E-state index in [2.05, 4.69) is 62.4 Å². The molecule has 2 radical (unpaired) electrons. The van der Waals surface area contributed by atoms with Crippen LogP contribution in [0.1, 0.15) is 121 Å². The molecule has 0 atom stereocenters. The average Bonchev–Trinajstić information content (AvgIpc) is 0.868. The molecule has 25 heteroatoms. The predicted octanol–water partition coefficient (Wildman–Crippen LogP) is 8.05. The number of nitrogen functional groups attached to an aromatic ring is 1. The first kappa shape index (κ1) is 97.3. The van der Waals surface area contributed by atoms with Crippen LogP contribution in [0.15, 0.2) is 164 Å². The third-order valence-electron chi connectivity index (χ3n) is 15.0. The molecule has 9 rings (SSSR count). The van der Waals surface area contributed by atoms with Gasteiger partial charge in [-0.25, -0.2) is 29.9 Å². The molecule has 0 saturated heterocycles. The van der Waals surface area contributed by atoms with E-state index >= 15 is 0 Å². The third kappa shape index (κ3) is 40.9. The van der Waals surface area contributed by atoms with Crippen LogP contribution in [-0.2, 0) is 114 Å². The number of aryl methyl sites for hydroxylation is 11. The molecular weight excluding hydrogens is 1410 g/mol. The number of rotatable bonds is 28. The van der Waals surface area contributed by atoms with Gasteiger partial charge in [0.15, 0.2) is 14.6 Å². The summed E-state index contributed by atoms with van der Waals surface area (Å²) >= 11 is 13.3. The Kier molecular flexibility index (Phi) is 58.3. The van der Waals surface area contributed by atoms with Crippen LogP contribution in [0, 0.1) is 20.8 Å². The summed E-state index contributed by atoms with van der Waals surface area (Å²) in [6, 6.07) is 48.0. The van der Waals surface area contributed by atoms with Crippen molar-refractivity contribution < 1.29 is 24.0 Å². The van der Waals surface area contributed by atoms with Gasteiger partial charge in [-0.3, -0.25) is 14.4 Å². The number of carbonyl (C=O) groups is 5. The number of amides is 3. The molecule has 3 heterocycles. The molecule has 0 aliphatic rings. The van der Waals surface area contributed by atoms with Crippen molar-refractivity contribution in [2.45, 2.75) is 138 Å². The van der Waals surface area contributed by atoms with E-state index in [1.54, 1.807) is 20.8 Å². The molecule has 488 valence electrons. The number of hydrogen-bond donors (Lipinski definition) is 5. The van der Waals surface area contributed by atoms with E-state index in [4.69, 9.17) is 50.2 Å². The van der Waals surface area contributed by atoms with Crippen LogP contribution in [-0.4, -0.2) is 264 Å². The van der Waals surface area contributed by atoms with Crippen molar-refractivity contribution in [3.8, 4) is 0 Å². The third-order valence-corrected chi connectivity index (χ3v) is 15.2. The van der Waals surface area contributed by atoms with Crippen molar-refractivity contribution in [2.75, 3.05) is 5.73 Å². The average molecular weight is 1500 g/mol. The SMILES string of the molecule is C.C.Cc1cnc(Cc2ccc(CC[B]C=O)cc2)nc1CCc1ccccc1CC(N)=O.Cc1cnc(Cc2ccc(CN)cc2)nc1CCc1ccccc1CC(N)=O.Cc1cnc(Cl)nc1CCc1ccccc1CC(N)=O.Nc1ccc(CC[B]C=O)cc1.[K][K].[K][K].[K][K]. The quantitative estimate of drug-likeness (QED) is 0.0102. The number of carbonyl (C=O) groups excluding carboxylic acids is 5. The number of benzene rings is 6. The van der Waals surface area contributed by atoms with Crippen LogP contribution in [0.25, 0.3) is 0 Å². The minimum atomic E-state index is -0.321. The summed E-state index contributed by atoms with van der Waals surface area (Å²) < 4.78 is 0. The van der Waals surface area contributed by atoms with E-state index in [9.17, 15) is 24.0 Å². The second-order valence-electron chi connectivity index (χ2n) is 22.1. The van der Waals surface area contributed by atoms with Gasteiger partial charge in [-0.05, 0) is 174 Å². The second kappa shape index (κ2) is 59.3. The van der Waals surface area contributed by atoms with Crippen molar-refractivity contribution in [1.29, 1.82) is 0 Å². The van der Waals surface area contributed by atoms with Gasteiger partial charge in [0.25, 0.3) is 0 Å². The zero-order valence-corrected chi connectivity index (χ0v) is 77.7. The Balaban J connectivity index is 0.000000665. The molecule has 6 aromatic carbocycles. The van der Waals surface area contributed by atoms with Gasteiger partial charge in [-0.1, -0.05) is 161 Å². The fourth-order valence-electron chi connectivity index (χ4n) is 9.97. The number of nitrogens with two attached hydrogens (primary N) is 5. The molecular formula is C74H88B2ClK6N11O5. The Hall–Kier alpha value is 0.308. The summed E-state index contributed by atoms with van der Waals surface area (Å²) in [6.07, 6.45) is 17.4. The number of halogens is 1. The molecule has 0 bridgehead atoms. The van der Waals surface area contributed by atoms with Gasteiger partial charge in [-0.2, -0.15) is 0 Å². The molecule has 16 nitrogen and oxygen atoms in total. The normalized spacial score (nSPS) is 9.87. The Labute approximate surface area is 730 Å². The zero-order valence-electron chi connectivity index (χ0n) is 58.2. The van der Waals surface area contributed by atoms with Gasteiger partial charge in [0.2, 0.25) is 23.0 Å². The van der Waals surface area contributed by atoms with Crippen molar-refractivity contribution in [1.82, 2.24) is 29.9 Å². The van der Waals surface area contributed by atoms with Gasteiger partial charge in [0, 0.05) is 60.7 Å². The fourth-order valence-corrected chi connectivity index (χ4v) is 10.1. The summed E-state index contributed by atoms with van der Waals surface area (Å²) in [5.74, 6) is 0.660. The predicted molar refractivity (Wildman–Crippen MR) is 413 cm³/mol. The molecule has 0 aliphatic carbocycles.